The molecule has 5 heteroatoms. The molecule has 0 aliphatic heterocycles. The molecule has 2 rings (SSSR count). The maximum atomic E-state index is 11.4. The number of alkyl carbamates (subject to hydrolysis) is 1. The molecule has 0 bridgehead atoms. The number of amides is 1. The lowest BCUT2D eigenvalue weighted by Gasteiger charge is -2.04. The summed E-state index contributed by atoms with van der Waals surface area (Å²) in [6, 6.07) is 9.56. The minimum atomic E-state index is -0.431. The summed E-state index contributed by atoms with van der Waals surface area (Å²) in [7, 11) is 1.91. The molecule has 1 aromatic carbocycles. The Morgan fingerprint density at radius 1 is 1.40 bits per heavy atom. The van der Waals surface area contributed by atoms with Crippen molar-refractivity contribution in [3.8, 4) is 0 Å². The van der Waals surface area contributed by atoms with Crippen LogP contribution in [0.2, 0.25) is 0 Å². The van der Waals surface area contributed by atoms with Gasteiger partial charge in [-0.2, -0.15) is 0 Å². The molecule has 1 N–H and O–H groups in total. The summed E-state index contributed by atoms with van der Waals surface area (Å²) in [5.41, 5.74) is 1.82. The van der Waals surface area contributed by atoms with Gasteiger partial charge in [0.2, 0.25) is 0 Å². The van der Waals surface area contributed by atoms with Gasteiger partial charge in [-0.15, -0.1) is 0 Å². The molecule has 20 heavy (non-hydrogen) atoms. The van der Waals surface area contributed by atoms with Crippen molar-refractivity contribution < 1.29 is 9.53 Å². The largest absolute Gasteiger partial charge is 0.445 e. The molecule has 1 heterocycles. The molecule has 0 unspecified atom stereocenters. The van der Waals surface area contributed by atoms with Gasteiger partial charge in [-0.3, -0.25) is 0 Å². The summed E-state index contributed by atoms with van der Waals surface area (Å²) < 4.78 is 6.94. The molecular weight excluding hydrogens is 254 g/mol. The smallest absolute Gasteiger partial charge is 0.407 e. The van der Waals surface area contributed by atoms with Crippen LogP contribution in [0.4, 0.5) is 4.79 Å². The number of nitrogens with one attached hydrogen (secondary N) is 1. The first-order valence-electron chi connectivity index (χ1n) is 6.33. The first-order valence-corrected chi connectivity index (χ1v) is 6.33. The topological polar surface area (TPSA) is 56.2 Å². The third-order valence-electron chi connectivity index (χ3n) is 2.59. The zero-order chi connectivity index (χ0) is 14.2. The van der Waals surface area contributed by atoms with E-state index in [2.05, 4.69) is 10.3 Å². The van der Waals surface area contributed by atoms with Crippen molar-refractivity contribution in [1.82, 2.24) is 14.9 Å². The van der Waals surface area contributed by atoms with Crippen LogP contribution in [0.15, 0.2) is 48.9 Å². The number of benzene rings is 1. The van der Waals surface area contributed by atoms with Gasteiger partial charge in [0.15, 0.2) is 0 Å². The minimum Gasteiger partial charge on any atom is -0.445 e. The van der Waals surface area contributed by atoms with Gasteiger partial charge in [-0.1, -0.05) is 36.4 Å². The van der Waals surface area contributed by atoms with Crippen molar-refractivity contribution in [2.24, 2.45) is 7.05 Å². The van der Waals surface area contributed by atoms with Crippen LogP contribution in [0.5, 0.6) is 0 Å². The zero-order valence-corrected chi connectivity index (χ0v) is 11.3. The first-order chi connectivity index (χ1) is 9.74. The van der Waals surface area contributed by atoms with Crippen LogP contribution in [0.3, 0.4) is 0 Å². The number of ether oxygens (including phenoxy) is 1. The van der Waals surface area contributed by atoms with Gasteiger partial charge in [0.25, 0.3) is 0 Å². The van der Waals surface area contributed by atoms with E-state index < -0.39 is 6.09 Å². The third kappa shape index (κ3) is 4.61. The number of hydrogen-bond donors (Lipinski definition) is 1. The number of hydrogen-bond acceptors (Lipinski definition) is 3. The molecule has 5 nitrogen and oxygen atoms in total. The molecule has 1 amide bonds. The molecule has 2 aromatic rings. The van der Waals surface area contributed by atoms with E-state index in [4.69, 9.17) is 4.74 Å². The summed E-state index contributed by atoms with van der Waals surface area (Å²) in [6.45, 7) is 0.681. The van der Waals surface area contributed by atoms with Crippen LogP contribution in [-0.4, -0.2) is 22.2 Å². The Kier molecular flexibility index (Phi) is 4.94. The Hall–Kier alpha value is -2.56. The van der Waals surface area contributed by atoms with Crippen LogP contribution in [0, 0.1) is 0 Å². The number of aromatic nitrogens is 2. The standard InChI is InChI=1S/C15H17N3O2/c1-18-10-14(17-12-18)8-5-9-16-15(19)20-11-13-6-3-2-4-7-13/h2-8,10,12H,9,11H2,1H3,(H,16,19). The summed E-state index contributed by atoms with van der Waals surface area (Å²) in [6.07, 6.45) is 6.86. The van der Waals surface area contributed by atoms with Crippen LogP contribution in [-0.2, 0) is 18.4 Å². The molecule has 0 radical (unpaired) electrons. The lowest BCUT2D eigenvalue weighted by Crippen LogP contribution is -2.24. The fourth-order valence-electron chi connectivity index (χ4n) is 1.62. The summed E-state index contributed by atoms with van der Waals surface area (Å²) in [5, 5.41) is 2.65. The Labute approximate surface area is 117 Å². The number of imidazole rings is 1. The molecule has 0 aliphatic rings. The van der Waals surface area contributed by atoms with Crippen molar-refractivity contribution >= 4 is 12.2 Å². The molecule has 1 aromatic heterocycles. The van der Waals surface area contributed by atoms with Crippen LogP contribution in [0.1, 0.15) is 11.3 Å². The molecule has 0 atom stereocenters. The predicted octanol–water partition coefficient (Wildman–Crippen LogP) is 2.36. The number of carbonyl (C=O) groups excluding carboxylic acids is 1. The van der Waals surface area contributed by atoms with Gasteiger partial charge in [-0.25, -0.2) is 9.78 Å². The van der Waals surface area contributed by atoms with Crippen LogP contribution >= 0.6 is 0 Å². The Balaban J connectivity index is 1.66. The minimum absolute atomic E-state index is 0.274. The molecular formula is C15H17N3O2. The highest BCUT2D eigenvalue weighted by molar-refractivity contribution is 5.67. The first kappa shape index (κ1) is 13.9. The highest BCUT2D eigenvalue weighted by atomic mass is 16.5. The SMILES string of the molecule is Cn1cnc(C=CCNC(=O)OCc2ccccc2)c1. The lowest BCUT2D eigenvalue weighted by atomic mass is 10.2. The average Bonchev–Trinajstić information content (AvgIpc) is 2.88. The zero-order valence-electron chi connectivity index (χ0n) is 11.3. The van der Waals surface area contributed by atoms with E-state index in [-0.39, 0.29) is 6.61 Å². The summed E-state index contributed by atoms with van der Waals surface area (Å²) in [5.74, 6) is 0. The normalized spacial score (nSPS) is 10.7. The highest BCUT2D eigenvalue weighted by Gasteiger charge is 2.00. The maximum Gasteiger partial charge on any atom is 0.407 e. The van der Waals surface area contributed by atoms with Gasteiger partial charge in [0.1, 0.15) is 6.61 Å². The van der Waals surface area contributed by atoms with Crippen molar-refractivity contribution in [2.75, 3.05) is 6.54 Å². The van der Waals surface area contributed by atoms with E-state index in [0.29, 0.717) is 6.54 Å². The van der Waals surface area contributed by atoms with Gasteiger partial charge in [0, 0.05) is 19.8 Å². The number of rotatable bonds is 5. The van der Waals surface area contributed by atoms with Gasteiger partial charge in [0.05, 0.1) is 12.0 Å². The number of aryl methyl sites for hydroxylation is 1. The quantitative estimate of drug-likeness (QED) is 0.908. The molecule has 0 saturated carbocycles. The average molecular weight is 271 g/mol. The van der Waals surface area contributed by atoms with E-state index >= 15 is 0 Å². The monoisotopic (exact) mass is 271 g/mol. The Morgan fingerprint density at radius 2 is 2.20 bits per heavy atom. The number of carbonyl (C=O) groups is 1. The van der Waals surface area contributed by atoms with Crippen LogP contribution < -0.4 is 5.32 Å². The molecule has 0 spiro atoms. The molecule has 0 fully saturated rings. The predicted molar refractivity (Wildman–Crippen MR) is 76.9 cm³/mol. The Morgan fingerprint density at radius 3 is 2.90 bits per heavy atom. The van der Waals surface area contributed by atoms with E-state index in [0.717, 1.165) is 11.3 Å². The Bertz CT molecular complexity index is 576. The molecule has 0 saturated heterocycles. The van der Waals surface area contributed by atoms with E-state index in [9.17, 15) is 4.79 Å². The maximum absolute atomic E-state index is 11.4. The van der Waals surface area contributed by atoms with Crippen molar-refractivity contribution in [3.63, 3.8) is 0 Å². The second kappa shape index (κ2) is 7.13. The summed E-state index contributed by atoms with van der Waals surface area (Å²) in [4.78, 5) is 15.6. The van der Waals surface area contributed by atoms with Crippen molar-refractivity contribution in [1.29, 1.82) is 0 Å². The fourth-order valence-corrected chi connectivity index (χ4v) is 1.62. The van der Waals surface area contributed by atoms with Crippen LogP contribution in [0.25, 0.3) is 6.08 Å². The van der Waals surface area contributed by atoms with Gasteiger partial charge < -0.3 is 14.6 Å². The second-order valence-corrected chi connectivity index (χ2v) is 4.31. The fraction of sp³-hybridized carbons (Fsp3) is 0.200. The van der Waals surface area contributed by atoms with Crippen molar-refractivity contribution in [3.05, 3.63) is 60.2 Å². The van der Waals surface area contributed by atoms with Gasteiger partial charge in [-0.05, 0) is 11.6 Å². The summed E-state index contributed by atoms with van der Waals surface area (Å²) >= 11 is 0. The molecule has 104 valence electrons. The lowest BCUT2D eigenvalue weighted by molar-refractivity contribution is 0.141. The highest BCUT2D eigenvalue weighted by Crippen LogP contribution is 2.00. The van der Waals surface area contributed by atoms with E-state index in [1.807, 2.05) is 60.3 Å². The third-order valence-corrected chi connectivity index (χ3v) is 2.59. The molecule has 0 aliphatic carbocycles. The van der Waals surface area contributed by atoms with E-state index in [1.54, 1.807) is 6.33 Å². The number of nitrogens with zero attached hydrogens (tertiary/aromatic N) is 2. The van der Waals surface area contributed by atoms with E-state index in [1.165, 1.54) is 0 Å². The second-order valence-electron chi connectivity index (χ2n) is 4.31. The van der Waals surface area contributed by atoms with Crippen molar-refractivity contribution in [2.45, 2.75) is 6.61 Å². The van der Waals surface area contributed by atoms with Gasteiger partial charge >= 0.3 is 6.09 Å².